The summed E-state index contributed by atoms with van der Waals surface area (Å²) in [5.41, 5.74) is 0. The third-order valence-electron chi connectivity index (χ3n) is 2.63. The summed E-state index contributed by atoms with van der Waals surface area (Å²) in [6.07, 6.45) is 13.1. The maximum atomic E-state index is 4.15. The van der Waals surface area contributed by atoms with Gasteiger partial charge in [-0.15, -0.1) is 0 Å². The van der Waals surface area contributed by atoms with Crippen molar-refractivity contribution in [2.75, 3.05) is 11.5 Å². The molecule has 0 spiro atoms. The Morgan fingerprint density at radius 2 is 1.11 bits per heavy atom. The summed E-state index contributed by atoms with van der Waals surface area (Å²) in [6, 6.07) is 0. The molecule has 0 fully saturated rings. The molecule has 0 aliphatic heterocycles. The molecule has 0 aromatic rings. The van der Waals surface area contributed by atoms with Crippen molar-refractivity contribution in [2.24, 2.45) is 0 Å². The molecule has 0 saturated carbocycles. The SMILES string of the molecule is CCCCCC(S)S.SCCCCCCCCS. The van der Waals surface area contributed by atoms with Crippen LogP contribution in [0.1, 0.15) is 71.1 Å². The molecule has 0 N–H and O–H groups in total. The molecule has 0 aliphatic carbocycles. The second-order valence-electron chi connectivity index (χ2n) is 4.54. The molecule has 0 nitrogen and oxygen atoms in total. The van der Waals surface area contributed by atoms with Crippen LogP contribution in [0.2, 0.25) is 0 Å². The van der Waals surface area contributed by atoms with Crippen molar-refractivity contribution in [1.29, 1.82) is 0 Å². The van der Waals surface area contributed by atoms with Gasteiger partial charge in [-0.3, -0.25) is 0 Å². The maximum absolute atomic E-state index is 4.15. The van der Waals surface area contributed by atoms with Crippen LogP contribution in [0.25, 0.3) is 0 Å². The minimum atomic E-state index is 0.293. The fourth-order valence-electron chi connectivity index (χ4n) is 1.51. The molecule has 0 aromatic carbocycles. The topological polar surface area (TPSA) is 0 Å². The van der Waals surface area contributed by atoms with E-state index in [0.717, 1.165) is 17.9 Å². The molecule has 0 unspecified atom stereocenters. The quantitative estimate of drug-likeness (QED) is 0.201. The van der Waals surface area contributed by atoms with Crippen LogP contribution in [0.5, 0.6) is 0 Å². The van der Waals surface area contributed by atoms with Crippen molar-refractivity contribution in [3.05, 3.63) is 0 Å². The van der Waals surface area contributed by atoms with Crippen molar-refractivity contribution in [2.45, 2.75) is 75.7 Å². The van der Waals surface area contributed by atoms with Gasteiger partial charge in [-0.25, -0.2) is 0 Å². The zero-order valence-electron chi connectivity index (χ0n) is 11.9. The first-order chi connectivity index (χ1) is 8.68. The average Bonchev–Trinajstić information content (AvgIpc) is 2.34. The van der Waals surface area contributed by atoms with Crippen molar-refractivity contribution in [3.63, 3.8) is 0 Å². The van der Waals surface area contributed by atoms with Gasteiger partial charge >= 0.3 is 0 Å². The van der Waals surface area contributed by atoms with Crippen LogP contribution < -0.4 is 0 Å². The Labute approximate surface area is 137 Å². The van der Waals surface area contributed by atoms with Crippen molar-refractivity contribution in [3.8, 4) is 0 Å². The first-order valence-electron chi connectivity index (χ1n) is 7.26. The predicted molar refractivity (Wildman–Crippen MR) is 101 cm³/mol. The van der Waals surface area contributed by atoms with E-state index in [1.807, 2.05) is 0 Å². The molecule has 4 heteroatoms. The van der Waals surface area contributed by atoms with Crippen LogP contribution in [0.15, 0.2) is 0 Å². The lowest BCUT2D eigenvalue weighted by molar-refractivity contribution is 0.630. The summed E-state index contributed by atoms with van der Waals surface area (Å²) >= 11 is 16.6. The van der Waals surface area contributed by atoms with Crippen LogP contribution in [0.3, 0.4) is 0 Å². The Morgan fingerprint density at radius 3 is 1.44 bits per heavy atom. The molecule has 0 saturated heterocycles. The van der Waals surface area contributed by atoms with Crippen molar-refractivity contribution >= 4 is 50.5 Å². The maximum Gasteiger partial charge on any atom is 0.0442 e. The molecule has 0 atom stereocenters. The molecule has 0 amide bonds. The van der Waals surface area contributed by atoms with Crippen molar-refractivity contribution < 1.29 is 0 Å². The van der Waals surface area contributed by atoms with E-state index in [2.05, 4.69) is 57.4 Å². The number of hydrogen-bond donors (Lipinski definition) is 4. The van der Waals surface area contributed by atoms with Gasteiger partial charge in [0.25, 0.3) is 0 Å². The fourth-order valence-corrected chi connectivity index (χ4v) is 2.32. The van der Waals surface area contributed by atoms with E-state index in [1.165, 1.54) is 57.8 Å². The van der Waals surface area contributed by atoms with E-state index < -0.39 is 0 Å². The third-order valence-corrected chi connectivity index (χ3v) is 3.78. The van der Waals surface area contributed by atoms with E-state index >= 15 is 0 Å². The standard InChI is InChI=1S/C8H18S2.C6H14S2/c9-7-5-3-1-2-4-6-8-10;1-2-3-4-5-6(7)8/h9-10H,1-8H2;6-8H,2-5H2,1H3. The average molecular weight is 329 g/mol. The number of rotatable bonds is 11. The fraction of sp³-hybridized carbons (Fsp3) is 1.00. The normalized spacial score (nSPS) is 10.3. The smallest absolute Gasteiger partial charge is 0.0442 e. The molecule has 0 aliphatic rings. The monoisotopic (exact) mass is 328 g/mol. The van der Waals surface area contributed by atoms with Gasteiger partial charge < -0.3 is 0 Å². The summed E-state index contributed by atoms with van der Waals surface area (Å²) < 4.78 is 0.293. The molecule has 0 heterocycles. The van der Waals surface area contributed by atoms with Gasteiger partial charge in [-0.05, 0) is 30.8 Å². The van der Waals surface area contributed by atoms with Gasteiger partial charge in [-0.1, -0.05) is 51.9 Å². The van der Waals surface area contributed by atoms with Gasteiger partial charge in [-0.2, -0.15) is 50.5 Å². The van der Waals surface area contributed by atoms with Gasteiger partial charge in [0.1, 0.15) is 0 Å². The highest BCUT2D eigenvalue weighted by atomic mass is 32.2. The third kappa shape index (κ3) is 26.1. The molecular weight excluding hydrogens is 296 g/mol. The summed E-state index contributed by atoms with van der Waals surface area (Å²) in [4.78, 5) is 0. The number of hydrogen-bond acceptors (Lipinski definition) is 4. The largest absolute Gasteiger partial charge is 0.179 e. The highest BCUT2D eigenvalue weighted by Crippen LogP contribution is 2.10. The van der Waals surface area contributed by atoms with E-state index in [9.17, 15) is 0 Å². The van der Waals surface area contributed by atoms with Crippen molar-refractivity contribution in [1.82, 2.24) is 0 Å². The van der Waals surface area contributed by atoms with E-state index in [-0.39, 0.29) is 0 Å². The molecule has 0 aromatic heterocycles. The van der Waals surface area contributed by atoms with Gasteiger partial charge in [0.15, 0.2) is 0 Å². The highest BCUT2D eigenvalue weighted by molar-refractivity contribution is 7.99. The first-order valence-corrected chi connectivity index (χ1v) is 9.56. The Bertz CT molecular complexity index is 121. The molecule has 0 radical (unpaired) electrons. The minimum Gasteiger partial charge on any atom is -0.179 e. The van der Waals surface area contributed by atoms with Gasteiger partial charge in [0.2, 0.25) is 0 Å². The van der Waals surface area contributed by atoms with Gasteiger partial charge in [0.05, 0.1) is 0 Å². The zero-order chi connectivity index (χ0) is 14.1. The molecule has 112 valence electrons. The van der Waals surface area contributed by atoms with Crippen LogP contribution in [0.4, 0.5) is 0 Å². The number of thiol groups is 4. The van der Waals surface area contributed by atoms with Crippen LogP contribution in [-0.2, 0) is 0 Å². The van der Waals surface area contributed by atoms with Crippen LogP contribution >= 0.6 is 50.5 Å². The highest BCUT2D eigenvalue weighted by Gasteiger charge is 1.92. The predicted octanol–water partition coefficient (Wildman–Crippen LogP) is 5.94. The van der Waals surface area contributed by atoms with Crippen LogP contribution in [-0.4, -0.2) is 16.1 Å². The Morgan fingerprint density at radius 1 is 0.667 bits per heavy atom. The summed E-state index contributed by atoms with van der Waals surface area (Å²) in [5, 5.41) is 0. The Kier molecular flexibility index (Phi) is 25.0. The van der Waals surface area contributed by atoms with E-state index in [0.29, 0.717) is 4.58 Å². The summed E-state index contributed by atoms with van der Waals surface area (Å²) in [5.74, 6) is 2.10. The second kappa shape index (κ2) is 20.7. The molecule has 0 rings (SSSR count). The van der Waals surface area contributed by atoms with Gasteiger partial charge in [0, 0.05) is 4.58 Å². The Hall–Kier alpha value is 1.40. The zero-order valence-corrected chi connectivity index (χ0v) is 15.4. The lowest BCUT2D eigenvalue weighted by atomic mass is 10.1. The van der Waals surface area contributed by atoms with Crippen LogP contribution in [0, 0.1) is 0 Å². The minimum absolute atomic E-state index is 0.293. The summed E-state index contributed by atoms with van der Waals surface area (Å²) in [6.45, 7) is 2.20. The molecule has 0 bridgehead atoms. The first kappa shape index (κ1) is 21.7. The lowest BCUT2D eigenvalue weighted by Crippen LogP contribution is -1.85. The molecule has 18 heavy (non-hydrogen) atoms. The second-order valence-corrected chi connectivity index (χ2v) is 7.09. The summed E-state index contributed by atoms with van der Waals surface area (Å²) in [7, 11) is 0. The van der Waals surface area contributed by atoms with E-state index in [1.54, 1.807) is 0 Å². The number of unbranched alkanes of at least 4 members (excludes halogenated alkanes) is 7. The lowest BCUT2D eigenvalue weighted by Gasteiger charge is -1.99. The Balaban J connectivity index is 0. The van der Waals surface area contributed by atoms with E-state index in [4.69, 9.17) is 0 Å². The molecular formula is C14H32S4.